The molecule has 1 amide bonds. The molecule has 1 N–H and O–H groups in total. The van der Waals surface area contributed by atoms with E-state index in [-0.39, 0.29) is 17.3 Å². The summed E-state index contributed by atoms with van der Waals surface area (Å²) < 4.78 is 42.7. The van der Waals surface area contributed by atoms with Crippen LogP contribution in [0.1, 0.15) is 17.9 Å². The van der Waals surface area contributed by atoms with Crippen LogP contribution in [0.2, 0.25) is 0 Å². The number of aromatic nitrogens is 2. The fraction of sp³-hybridized carbons (Fsp3) is 0.211. The van der Waals surface area contributed by atoms with E-state index in [4.69, 9.17) is 4.42 Å². The molecule has 0 radical (unpaired) electrons. The van der Waals surface area contributed by atoms with Crippen LogP contribution in [0.3, 0.4) is 0 Å². The zero-order chi connectivity index (χ0) is 20.9. The maximum atomic E-state index is 12.9. The van der Waals surface area contributed by atoms with Gasteiger partial charge in [0, 0.05) is 11.3 Å². The van der Waals surface area contributed by atoms with E-state index < -0.39 is 27.3 Å². The molecule has 0 saturated carbocycles. The third-order valence-corrected chi connectivity index (χ3v) is 6.47. The summed E-state index contributed by atoms with van der Waals surface area (Å²) in [5.41, 5.74) is 0.981. The molecule has 1 aromatic heterocycles. The van der Waals surface area contributed by atoms with Crippen molar-refractivity contribution in [2.24, 2.45) is 0 Å². The van der Waals surface area contributed by atoms with E-state index >= 15 is 0 Å². The number of nitrogens with one attached hydrogen (secondary N) is 1. The Bertz CT molecular complexity index is 1080. The van der Waals surface area contributed by atoms with Crippen molar-refractivity contribution in [2.75, 3.05) is 17.3 Å². The minimum atomic E-state index is -3.70. The molecule has 7 nitrogen and oxygen atoms in total. The molecule has 3 rings (SSSR count). The second-order valence-corrected chi connectivity index (χ2v) is 9.09. The highest BCUT2D eigenvalue weighted by molar-refractivity contribution is 7.98. The zero-order valence-electron chi connectivity index (χ0n) is 15.5. The second-order valence-electron chi connectivity index (χ2n) is 6.10. The maximum Gasteiger partial charge on any atom is 0.322 e. The summed E-state index contributed by atoms with van der Waals surface area (Å²) in [7, 11) is -3.70. The fourth-order valence-corrected chi connectivity index (χ4v) is 4.11. The molecule has 10 heteroatoms. The molecule has 0 aliphatic heterocycles. The summed E-state index contributed by atoms with van der Waals surface area (Å²) in [4.78, 5) is 13.1. The Morgan fingerprint density at radius 2 is 1.79 bits per heavy atom. The molecule has 2 aromatic carbocycles. The zero-order valence-corrected chi connectivity index (χ0v) is 17.1. The molecule has 0 saturated heterocycles. The van der Waals surface area contributed by atoms with Crippen LogP contribution >= 0.6 is 11.8 Å². The quantitative estimate of drug-likeness (QED) is 0.428. The summed E-state index contributed by atoms with van der Waals surface area (Å²) in [6.07, 6.45) is 2.11. The van der Waals surface area contributed by atoms with E-state index in [1.165, 1.54) is 12.1 Å². The van der Waals surface area contributed by atoms with Crippen molar-refractivity contribution >= 4 is 33.5 Å². The van der Waals surface area contributed by atoms with Crippen LogP contribution in [0.15, 0.2) is 62.7 Å². The second kappa shape index (κ2) is 9.19. The molecule has 3 aromatic rings. The van der Waals surface area contributed by atoms with Crippen LogP contribution in [0, 0.1) is 5.82 Å². The summed E-state index contributed by atoms with van der Waals surface area (Å²) in [5, 5.41) is 10.0. The molecule has 0 aliphatic carbocycles. The van der Waals surface area contributed by atoms with Gasteiger partial charge in [-0.15, -0.1) is 16.9 Å². The van der Waals surface area contributed by atoms with Crippen molar-refractivity contribution in [1.82, 2.24) is 10.2 Å². The van der Waals surface area contributed by atoms with Gasteiger partial charge in [0.2, 0.25) is 11.8 Å². The first-order valence-electron chi connectivity index (χ1n) is 8.59. The van der Waals surface area contributed by atoms with Crippen LogP contribution in [0.25, 0.3) is 0 Å². The Labute approximate surface area is 171 Å². The number of thioether (sulfide) groups is 1. The van der Waals surface area contributed by atoms with Gasteiger partial charge in [-0.05, 0) is 48.2 Å². The molecular formula is C19H18FN3O4S2. The molecule has 0 bridgehead atoms. The largest absolute Gasteiger partial charge is 0.407 e. The van der Waals surface area contributed by atoms with Gasteiger partial charge < -0.3 is 4.42 Å². The van der Waals surface area contributed by atoms with Crippen LogP contribution in [-0.4, -0.2) is 36.5 Å². The summed E-state index contributed by atoms with van der Waals surface area (Å²) in [6, 6.07) is 12.2. The van der Waals surface area contributed by atoms with Crippen LogP contribution < -0.4 is 5.32 Å². The molecule has 0 spiro atoms. The van der Waals surface area contributed by atoms with Crippen molar-refractivity contribution in [3.05, 3.63) is 65.8 Å². The maximum absolute atomic E-state index is 12.9. The average Bonchev–Trinajstić information content (AvgIpc) is 3.14. The number of anilines is 1. The molecule has 29 heavy (non-hydrogen) atoms. The molecule has 1 heterocycles. The Hall–Kier alpha value is -2.72. The van der Waals surface area contributed by atoms with Crippen molar-refractivity contribution in [2.45, 2.75) is 22.6 Å². The fourth-order valence-electron chi connectivity index (χ4n) is 2.46. The number of hydrogen-bond donors (Lipinski definition) is 1. The van der Waals surface area contributed by atoms with E-state index in [1.807, 2.05) is 30.5 Å². The van der Waals surface area contributed by atoms with E-state index in [0.29, 0.717) is 12.3 Å². The Balaban J connectivity index is 1.53. The standard InChI is InChI=1S/C19H18FN3O4S2/c1-28-15-6-2-13(3-7-15)12-18-22-23-19(27-18)21-17(24)10-11-29(25,26)16-8-4-14(20)5-9-16/h2-9H,10-12H2,1H3,(H,21,23,24). The third kappa shape index (κ3) is 5.88. The van der Waals surface area contributed by atoms with E-state index in [2.05, 4.69) is 15.5 Å². The summed E-state index contributed by atoms with van der Waals surface area (Å²) in [6.45, 7) is 0. The van der Waals surface area contributed by atoms with Gasteiger partial charge in [-0.25, -0.2) is 12.8 Å². The first-order chi connectivity index (χ1) is 13.9. The highest BCUT2D eigenvalue weighted by Gasteiger charge is 2.18. The molecule has 0 atom stereocenters. The monoisotopic (exact) mass is 435 g/mol. The molecular weight excluding hydrogens is 417 g/mol. The van der Waals surface area contributed by atoms with Crippen LogP contribution in [0.5, 0.6) is 0 Å². The third-order valence-electron chi connectivity index (χ3n) is 4.00. The Morgan fingerprint density at radius 1 is 1.10 bits per heavy atom. The minimum Gasteiger partial charge on any atom is -0.407 e. The van der Waals surface area contributed by atoms with Crippen molar-refractivity contribution in [3.8, 4) is 0 Å². The first kappa shape index (κ1) is 21.0. The molecule has 0 fully saturated rings. The topological polar surface area (TPSA) is 102 Å². The molecule has 0 unspecified atom stereocenters. The highest BCUT2D eigenvalue weighted by atomic mass is 32.2. The lowest BCUT2D eigenvalue weighted by Crippen LogP contribution is -2.17. The van der Waals surface area contributed by atoms with Gasteiger partial charge in [-0.2, -0.15) is 0 Å². The van der Waals surface area contributed by atoms with Gasteiger partial charge in [0.15, 0.2) is 9.84 Å². The Kier molecular flexibility index (Phi) is 6.65. The van der Waals surface area contributed by atoms with Crippen LogP contribution in [-0.2, 0) is 21.1 Å². The van der Waals surface area contributed by atoms with E-state index in [9.17, 15) is 17.6 Å². The molecule has 152 valence electrons. The van der Waals surface area contributed by atoms with Gasteiger partial charge in [-0.1, -0.05) is 17.2 Å². The van der Waals surface area contributed by atoms with Crippen molar-refractivity contribution in [3.63, 3.8) is 0 Å². The van der Waals surface area contributed by atoms with Crippen molar-refractivity contribution < 1.29 is 22.0 Å². The number of amides is 1. The van der Waals surface area contributed by atoms with Gasteiger partial charge in [0.05, 0.1) is 17.1 Å². The van der Waals surface area contributed by atoms with E-state index in [0.717, 1.165) is 22.6 Å². The lowest BCUT2D eigenvalue weighted by atomic mass is 10.1. The Morgan fingerprint density at radius 3 is 2.45 bits per heavy atom. The van der Waals surface area contributed by atoms with Crippen LogP contribution in [0.4, 0.5) is 10.4 Å². The predicted molar refractivity (Wildman–Crippen MR) is 107 cm³/mol. The number of carbonyl (C=O) groups is 1. The smallest absolute Gasteiger partial charge is 0.322 e. The lowest BCUT2D eigenvalue weighted by Gasteiger charge is -2.04. The number of sulfone groups is 1. The SMILES string of the molecule is CSc1ccc(Cc2nnc(NC(=O)CCS(=O)(=O)c3ccc(F)cc3)o2)cc1. The summed E-state index contributed by atoms with van der Waals surface area (Å²) >= 11 is 1.64. The number of hydrogen-bond acceptors (Lipinski definition) is 7. The molecule has 0 aliphatic rings. The number of benzene rings is 2. The first-order valence-corrected chi connectivity index (χ1v) is 11.5. The average molecular weight is 436 g/mol. The minimum absolute atomic E-state index is 0.0423. The number of rotatable bonds is 8. The van der Waals surface area contributed by atoms with Gasteiger partial charge in [0.1, 0.15) is 5.82 Å². The number of halogens is 1. The van der Waals surface area contributed by atoms with E-state index in [1.54, 1.807) is 11.8 Å². The van der Waals surface area contributed by atoms with Gasteiger partial charge in [0.25, 0.3) is 0 Å². The highest BCUT2D eigenvalue weighted by Crippen LogP contribution is 2.18. The number of nitrogens with zero attached hydrogens (tertiary/aromatic N) is 2. The normalized spacial score (nSPS) is 11.4. The van der Waals surface area contributed by atoms with Gasteiger partial charge >= 0.3 is 6.01 Å². The predicted octanol–water partition coefficient (Wildman–Crippen LogP) is 3.32. The lowest BCUT2D eigenvalue weighted by molar-refractivity contribution is -0.116. The van der Waals surface area contributed by atoms with Gasteiger partial charge in [-0.3, -0.25) is 10.1 Å². The van der Waals surface area contributed by atoms with Crippen molar-refractivity contribution in [1.29, 1.82) is 0 Å². The summed E-state index contributed by atoms with van der Waals surface area (Å²) in [5.74, 6) is -1.20. The number of carbonyl (C=O) groups excluding carboxylic acids is 1.